The zero-order valence-electron chi connectivity index (χ0n) is 7.14. The van der Waals surface area contributed by atoms with E-state index in [1.807, 2.05) is 7.05 Å². The van der Waals surface area contributed by atoms with Crippen LogP contribution in [-0.4, -0.2) is 39.5 Å². The first-order valence-electron chi connectivity index (χ1n) is 4.27. The van der Waals surface area contributed by atoms with Crippen molar-refractivity contribution in [3.8, 4) is 0 Å². The molecule has 1 fully saturated rings. The summed E-state index contributed by atoms with van der Waals surface area (Å²) in [6, 6.07) is 0. The molecule has 1 aliphatic rings. The normalized spacial score (nSPS) is 18.3. The molecule has 0 aromatic rings. The summed E-state index contributed by atoms with van der Waals surface area (Å²) in [6.07, 6.45) is 2.74. The van der Waals surface area contributed by atoms with E-state index in [0.717, 1.165) is 32.8 Å². The number of hydrogen-bond acceptors (Lipinski definition) is 3. The minimum Gasteiger partial charge on any atom is -0.376 e. The zero-order chi connectivity index (χ0) is 7.94. The van der Waals surface area contributed by atoms with Crippen molar-refractivity contribution in [2.45, 2.75) is 18.9 Å². The highest BCUT2D eigenvalue weighted by Crippen LogP contribution is 2.05. The first-order chi connectivity index (χ1) is 5.43. The lowest BCUT2D eigenvalue weighted by atomic mass is 10.3. The SMILES string of the molecule is CNCCCCOC1COC1. The molecule has 0 spiro atoms. The van der Waals surface area contributed by atoms with Crippen LogP contribution in [0.4, 0.5) is 0 Å². The van der Waals surface area contributed by atoms with Gasteiger partial charge in [0.05, 0.1) is 13.2 Å². The number of hydrogen-bond donors (Lipinski definition) is 1. The Balaban J connectivity index is 1.73. The molecule has 1 heterocycles. The highest BCUT2D eigenvalue weighted by molar-refractivity contribution is 4.63. The van der Waals surface area contributed by atoms with Crippen molar-refractivity contribution < 1.29 is 9.47 Å². The van der Waals surface area contributed by atoms with E-state index in [9.17, 15) is 0 Å². The fourth-order valence-corrected chi connectivity index (χ4v) is 0.964. The second-order valence-corrected chi connectivity index (χ2v) is 2.84. The van der Waals surface area contributed by atoms with Crippen molar-refractivity contribution in [2.24, 2.45) is 0 Å². The van der Waals surface area contributed by atoms with E-state index >= 15 is 0 Å². The van der Waals surface area contributed by atoms with E-state index in [1.54, 1.807) is 0 Å². The summed E-state index contributed by atoms with van der Waals surface area (Å²) in [4.78, 5) is 0. The maximum Gasteiger partial charge on any atom is 0.104 e. The van der Waals surface area contributed by atoms with Crippen molar-refractivity contribution >= 4 is 0 Å². The van der Waals surface area contributed by atoms with Gasteiger partial charge in [-0.3, -0.25) is 0 Å². The predicted molar refractivity (Wildman–Crippen MR) is 43.7 cm³/mol. The first-order valence-corrected chi connectivity index (χ1v) is 4.27. The van der Waals surface area contributed by atoms with Gasteiger partial charge in [-0.05, 0) is 26.4 Å². The number of rotatable bonds is 6. The minimum atomic E-state index is 0.393. The van der Waals surface area contributed by atoms with Gasteiger partial charge in [-0.15, -0.1) is 0 Å². The second-order valence-electron chi connectivity index (χ2n) is 2.84. The third kappa shape index (κ3) is 3.70. The molecule has 0 aromatic carbocycles. The maximum atomic E-state index is 5.47. The van der Waals surface area contributed by atoms with Crippen LogP contribution in [0.25, 0.3) is 0 Å². The van der Waals surface area contributed by atoms with Crippen LogP contribution in [0.3, 0.4) is 0 Å². The van der Waals surface area contributed by atoms with Crippen LogP contribution in [0.5, 0.6) is 0 Å². The molecule has 0 saturated carbocycles. The number of nitrogens with one attached hydrogen (secondary N) is 1. The Labute approximate surface area is 68.1 Å². The van der Waals surface area contributed by atoms with Crippen LogP contribution in [0.2, 0.25) is 0 Å². The van der Waals surface area contributed by atoms with Gasteiger partial charge in [-0.1, -0.05) is 0 Å². The monoisotopic (exact) mass is 159 g/mol. The molecule has 66 valence electrons. The van der Waals surface area contributed by atoms with Gasteiger partial charge in [-0.2, -0.15) is 0 Å². The summed E-state index contributed by atoms with van der Waals surface area (Å²) in [6.45, 7) is 3.57. The molecular formula is C8H17NO2. The molecule has 0 aliphatic carbocycles. The van der Waals surface area contributed by atoms with Crippen molar-refractivity contribution in [1.82, 2.24) is 5.32 Å². The number of unbranched alkanes of at least 4 members (excludes halogenated alkanes) is 1. The van der Waals surface area contributed by atoms with Gasteiger partial charge >= 0.3 is 0 Å². The molecule has 11 heavy (non-hydrogen) atoms. The Morgan fingerprint density at radius 2 is 2.27 bits per heavy atom. The molecule has 0 radical (unpaired) electrons. The Morgan fingerprint density at radius 3 is 2.82 bits per heavy atom. The van der Waals surface area contributed by atoms with Gasteiger partial charge in [0.2, 0.25) is 0 Å². The largest absolute Gasteiger partial charge is 0.376 e. The third-order valence-electron chi connectivity index (χ3n) is 1.78. The summed E-state index contributed by atoms with van der Waals surface area (Å²) < 4.78 is 10.4. The van der Waals surface area contributed by atoms with E-state index < -0.39 is 0 Å². The van der Waals surface area contributed by atoms with Crippen molar-refractivity contribution in [3.63, 3.8) is 0 Å². The average molecular weight is 159 g/mol. The van der Waals surface area contributed by atoms with Gasteiger partial charge in [0.25, 0.3) is 0 Å². The molecule has 3 nitrogen and oxygen atoms in total. The van der Waals surface area contributed by atoms with Crippen molar-refractivity contribution in [3.05, 3.63) is 0 Å². The average Bonchev–Trinajstić information content (AvgIpc) is 1.93. The second kappa shape index (κ2) is 5.52. The molecule has 0 amide bonds. The topological polar surface area (TPSA) is 30.5 Å². The van der Waals surface area contributed by atoms with E-state index in [0.29, 0.717) is 6.10 Å². The third-order valence-corrected chi connectivity index (χ3v) is 1.78. The first kappa shape index (κ1) is 8.97. The summed E-state index contributed by atoms with van der Waals surface area (Å²) in [5, 5.41) is 3.10. The Hall–Kier alpha value is -0.120. The lowest BCUT2D eigenvalue weighted by molar-refractivity contribution is -0.129. The van der Waals surface area contributed by atoms with Crippen LogP contribution in [0.15, 0.2) is 0 Å². The van der Waals surface area contributed by atoms with Crippen LogP contribution in [0.1, 0.15) is 12.8 Å². The van der Waals surface area contributed by atoms with Gasteiger partial charge in [0, 0.05) is 6.61 Å². The molecule has 0 unspecified atom stereocenters. The summed E-state index contributed by atoms with van der Waals surface area (Å²) in [5.41, 5.74) is 0. The van der Waals surface area contributed by atoms with Gasteiger partial charge in [0.15, 0.2) is 0 Å². The van der Waals surface area contributed by atoms with E-state index in [2.05, 4.69) is 5.32 Å². The van der Waals surface area contributed by atoms with Crippen LogP contribution in [0, 0.1) is 0 Å². The maximum absolute atomic E-state index is 5.47. The highest BCUT2D eigenvalue weighted by atomic mass is 16.6. The zero-order valence-corrected chi connectivity index (χ0v) is 7.14. The molecule has 1 saturated heterocycles. The van der Waals surface area contributed by atoms with E-state index in [4.69, 9.17) is 9.47 Å². The van der Waals surface area contributed by atoms with Gasteiger partial charge in [-0.25, -0.2) is 0 Å². The molecule has 1 N–H and O–H groups in total. The number of ether oxygens (including phenoxy) is 2. The molecule has 3 heteroatoms. The predicted octanol–water partition coefficient (Wildman–Crippen LogP) is 0.401. The summed E-state index contributed by atoms with van der Waals surface area (Å²) >= 11 is 0. The van der Waals surface area contributed by atoms with Crippen LogP contribution in [-0.2, 0) is 9.47 Å². The smallest absolute Gasteiger partial charge is 0.104 e. The minimum absolute atomic E-state index is 0.393. The summed E-state index contributed by atoms with van der Waals surface area (Å²) in [5.74, 6) is 0. The fraction of sp³-hybridized carbons (Fsp3) is 1.00. The summed E-state index contributed by atoms with van der Waals surface area (Å²) in [7, 11) is 1.97. The van der Waals surface area contributed by atoms with E-state index in [1.165, 1.54) is 6.42 Å². The Morgan fingerprint density at radius 1 is 1.45 bits per heavy atom. The highest BCUT2D eigenvalue weighted by Gasteiger charge is 2.17. The van der Waals surface area contributed by atoms with Crippen LogP contribution >= 0.6 is 0 Å². The molecular weight excluding hydrogens is 142 g/mol. The van der Waals surface area contributed by atoms with Crippen molar-refractivity contribution in [2.75, 3.05) is 33.4 Å². The lowest BCUT2D eigenvalue weighted by Crippen LogP contribution is -2.36. The molecule has 0 bridgehead atoms. The lowest BCUT2D eigenvalue weighted by Gasteiger charge is -2.25. The Bertz CT molecular complexity index is 94.1. The van der Waals surface area contributed by atoms with Gasteiger partial charge < -0.3 is 14.8 Å². The molecule has 0 aromatic heterocycles. The quantitative estimate of drug-likeness (QED) is 0.569. The molecule has 1 aliphatic heterocycles. The fourth-order valence-electron chi connectivity index (χ4n) is 0.964. The van der Waals surface area contributed by atoms with Gasteiger partial charge in [0.1, 0.15) is 6.10 Å². The van der Waals surface area contributed by atoms with Crippen molar-refractivity contribution in [1.29, 1.82) is 0 Å². The molecule has 1 rings (SSSR count). The molecule has 0 atom stereocenters. The van der Waals surface area contributed by atoms with Crippen LogP contribution < -0.4 is 5.32 Å². The Kier molecular flexibility index (Phi) is 4.50. The standard InChI is InChI=1S/C8H17NO2/c1-9-4-2-3-5-11-8-6-10-7-8/h8-9H,2-7H2,1H3. The van der Waals surface area contributed by atoms with E-state index in [-0.39, 0.29) is 0 Å².